The van der Waals surface area contributed by atoms with E-state index in [0.29, 0.717) is 25.0 Å². The summed E-state index contributed by atoms with van der Waals surface area (Å²) >= 11 is 0. The van der Waals surface area contributed by atoms with Crippen LogP contribution in [0.4, 0.5) is 0 Å². The van der Waals surface area contributed by atoms with Gasteiger partial charge in [0.15, 0.2) is 5.69 Å². The van der Waals surface area contributed by atoms with Gasteiger partial charge in [0.1, 0.15) is 5.69 Å². The second-order valence-electron chi connectivity index (χ2n) is 5.30. The fraction of sp³-hybridized carbons (Fsp3) is 0.643. The molecule has 1 amide bonds. The molecule has 21 heavy (non-hydrogen) atoms. The van der Waals surface area contributed by atoms with Crippen LogP contribution in [0.1, 0.15) is 54.8 Å². The highest BCUT2D eigenvalue weighted by Gasteiger charge is 2.36. The molecule has 1 heterocycles. The normalized spacial score (nSPS) is 24.6. The van der Waals surface area contributed by atoms with Gasteiger partial charge in [-0.3, -0.25) is 4.79 Å². The minimum absolute atomic E-state index is 0.0157. The van der Waals surface area contributed by atoms with E-state index >= 15 is 0 Å². The fourth-order valence-electron chi connectivity index (χ4n) is 2.58. The first-order valence-electron chi connectivity index (χ1n) is 7.11. The van der Waals surface area contributed by atoms with Gasteiger partial charge in [0, 0.05) is 13.0 Å². The highest BCUT2D eigenvalue weighted by molar-refractivity contribution is 5.92. The first kappa shape index (κ1) is 15.5. The van der Waals surface area contributed by atoms with Crippen molar-refractivity contribution in [3.63, 3.8) is 0 Å². The molecule has 0 bridgehead atoms. The van der Waals surface area contributed by atoms with E-state index in [2.05, 4.69) is 22.2 Å². The molecule has 0 aromatic carbocycles. The van der Waals surface area contributed by atoms with E-state index in [9.17, 15) is 15.0 Å². The molecule has 0 radical (unpaired) electrons. The lowest BCUT2D eigenvalue weighted by Crippen LogP contribution is -2.21. The number of rotatable bonds is 4. The standard InChI is InChI=1S/C14H20N4O3/c1-2-3-4-5-10-13(14(15)21)16-17-18(10)11-6-9(8-19)7-12(11)20/h9,11-12,19-20H,2-3,6-8H2,1H3,(H2,15,21)/t9-,11+,12+/m0/s1. The summed E-state index contributed by atoms with van der Waals surface area (Å²) in [6.07, 6.45) is 2.02. The van der Waals surface area contributed by atoms with E-state index in [1.54, 1.807) is 0 Å². The molecular weight excluding hydrogens is 272 g/mol. The molecule has 0 saturated heterocycles. The van der Waals surface area contributed by atoms with Gasteiger partial charge in [0.2, 0.25) is 0 Å². The Morgan fingerprint density at radius 3 is 2.86 bits per heavy atom. The Kier molecular flexibility index (Phi) is 4.94. The first-order chi connectivity index (χ1) is 10.1. The molecule has 7 nitrogen and oxygen atoms in total. The van der Waals surface area contributed by atoms with E-state index in [4.69, 9.17) is 5.73 Å². The average Bonchev–Trinajstić information content (AvgIpc) is 3.02. The van der Waals surface area contributed by atoms with Crippen LogP contribution in [-0.2, 0) is 0 Å². The third kappa shape index (κ3) is 3.23. The van der Waals surface area contributed by atoms with E-state index in [-0.39, 0.29) is 24.3 Å². The zero-order valence-corrected chi connectivity index (χ0v) is 12.0. The van der Waals surface area contributed by atoms with Crippen molar-refractivity contribution < 1.29 is 15.0 Å². The summed E-state index contributed by atoms with van der Waals surface area (Å²) in [5.41, 5.74) is 5.67. The molecule has 1 aliphatic carbocycles. The second-order valence-corrected chi connectivity index (χ2v) is 5.30. The fourth-order valence-corrected chi connectivity index (χ4v) is 2.58. The van der Waals surface area contributed by atoms with Crippen molar-refractivity contribution >= 4 is 5.91 Å². The van der Waals surface area contributed by atoms with E-state index in [1.165, 1.54) is 4.68 Å². The monoisotopic (exact) mass is 292 g/mol. The predicted molar refractivity (Wildman–Crippen MR) is 75.2 cm³/mol. The van der Waals surface area contributed by atoms with Crippen LogP contribution < -0.4 is 5.73 Å². The number of unbranched alkanes of at least 4 members (excludes halogenated alkanes) is 1. The van der Waals surface area contributed by atoms with E-state index < -0.39 is 12.0 Å². The average molecular weight is 292 g/mol. The third-order valence-electron chi connectivity index (χ3n) is 3.68. The van der Waals surface area contributed by atoms with Crippen molar-refractivity contribution in [3.8, 4) is 11.8 Å². The van der Waals surface area contributed by atoms with Gasteiger partial charge >= 0.3 is 0 Å². The summed E-state index contributed by atoms with van der Waals surface area (Å²) in [7, 11) is 0. The van der Waals surface area contributed by atoms with Crippen LogP contribution in [0.25, 0.3) is 0 Å². The SMILES string of the molecule is CCCC#Cc1c(C(N)=O)nnn1[C@@H]1C[C@H](CO)C[C@H]1O. The molecule has 4 N–H and O–H groups in total. The number of primary amides is 1. The Morgan fingerprint density at radius 1 is 1.52 bits per heavy atom. The second kappa shape index (κ2) is 6.70. The maximum atomic E-state index is 11.4. The van der Waals surface area contributed by atoms with Crippen LogP contribution in [0.2, 0.25) is 0 Å². The number of aromatic nitrogens is 3. The lowest BCUT2D eigenvalue weighted by Gasteiger charge is -2.15. The molecular formula is C14H20N4O3. The van der Waals surface area contributed by atoms with Crippen molar-refractivity contribution in [1.29, 1.82) is 0 Å². The molecule has 0 spiro atoms. The number of aliphatic hydroxyl groups excluding tert-OH is 2. The summed E-state index contributed by atoms with van der Waals surface area (Å²) in [5, 5.41) is 27.1. The lowest BCUT2D eigenvalue weighted by atomic mass is 10.1. The topological polar surface area (TPSA) is 114 Å². The molecule has 114 valence electrons. The van der Waals surface area contributed by atoms with Crippen molar-refractivity contribution in [2.75, 3.05) is 6.61 Å². The van der Waals surface area contributed by atoms with Crippen LogP contribution in [-0.4, -0.2) is 43.8 Å². The van der Waals surface area contributed by atoms with Crippen molar-refractivity contribution in [1.82, 2.24) is 15.0 Å². The number of aliphatic hydroxyl groups is 2. The molecule has 2 rings (SSSR count). The summed E-state index contributed by atoms with van der Waals surface area (Å²) in [6, 6.07) is -0.339. The summed E-state index contributed by atoms with van der Waals surface area (Å²) < 4.78 is 1.48. The molecule has 0 aliphatic heterocycles. The Bertz CT molecular complexity index is 573. The molecule has 0 unspecified atom stereocenters. The molecule has 3 atom stereocenters. The first-order valence-corrected chi connectivity index (χ1v) is 7.11. The Morgan fingerprint density at radius 2 is 2.29 bits per heavy atom. The molecule has 1 saturated carbocycles. The molecule has 7 heteroatoms. The number of hydrogen-bond donors (Lipinski definition) is 3. The zero-order valence-electron chi connectivity index (χ0n) is 12.0. The van der Waals surface area contributed by atoms with Crippen molar-refractivity contribution in [2.24, 2.45) is 11.7 Å². The van der Waals surface area contributed by atoms with Gasteiger partial charge in [-0.1, -0.05) is 18.1 Å². The molecule has 1 aromatic rings. The number of carbonyl (C=O) groups excluding carboxylic acids is 1. The quantitative estimate of drug-likeness (QED) is 0.667. The minimum atomic E-state index is -0.687. The molecule has 1 fully saturated rings. The number of carbonyl (C=O) groups is 1. The van der Waals surface area contributed by atoms with Crippen molar-refractivity contribution in [3.05, 3.63) is 11.4 Å². The predicted octanol–water partition coefficient (Wildman–Crippen LogP) is -0.167. The smallest absolute Gasteiger partial charge is 0.272 e. The highest BCUT2D eigenvalue weighted by Crippen LogP contribution is 2.35. The van der Waals surface area contributed by atoms with Gasteiger partial charge in [0.25, 0.3) is 5.91 Å². The zero-order chi connectivity index (χ0) is 15.4. The Hall–Kier alpha value is -1.91. The van der Waals surface area contributed by atoms with Gasteiger partial charge in [0.05, 0.1) is 12.1 Å². The van der Waals surface area contributed by atoms with Crippen LogP contribution in [0.3, 0.4) is 0 Å². The molecule has 1 aromatic heterocycles. The van der Waals surface area contributed by atoms with Gasteiger partial charge in [-0.05, 0) is 31.1 Å². The van der Waals surface area contributed by atoms with Crippen LogP contribution in [0, 0.1) is 17.8 Å². The van der Waals surface area contributed by atoms with Crippen LogP contribution in [0.5, 0.6) is 0 Å². The van der Waals surface area contributed by atoms with Gasteiger partial charge in [-0.2, -0.15) is 0 Å². The number of nitrogens with two attached hydrogens (primary N) is 1. The highest BCUT2D eigenvalue weighted by atomic mass is 16.3. The van der Waals surface area contributed by atoms with Crippen molar-refractivity contribution in [2.45, 2.75) is 44.8 Å². The largest absolute Gasteiger partial charge is 0.396 e. The van der Waals surface area contributed by atoms with Crippen LogP contribution in [0.15, 0.2) is 0 Å². The third-order valence-corrected chi connectivity index (χ3v) is 3.68. The van der Waals surface area contributed by atoms with E-state index in [0.717, 1.165) is 6.42 Å². The van der Waals surface area contributed by atoms with Gasteiger partial charge in [-0.25, -0.2) is 4.68 Å². The van der Waals surface area contributed by atoms with Gasteiger partial charge in [-0.15, -0.1) is 5.10 Å². The number of amides is 1. The van der Waals surface area contributed by atoms with E-state index in [1.807, 2.05) is 6.92 Å². The summed E-state index contributed by atoms with van der Waals surface area (Å²) in [4.78, 5) is 11.4. The molecule has 1 aliphatic rings. The Labute approximate surface area is 123 Å². The summed E-state index contributed by atoms with van der Waals surface area (Å²) in [5.74, 6) is 5.16. The number of hydrogen-bond acceptors (Lipinski definition) is 5. The van der Waals surface area contributed by atoms with Gasteiger partial charge < -0.3 is 15.9 Å². The minimum Gasteiger partial charge on any atom is -0.396 e. The number of nitrogens with zero attached hydrogens (tertiary/aromatic N) is 3. The lowest BCUT2D eigenvalue weighted by molar-refractivity contribution is 0.0994. The maximum absolute atomic E-state index is 11.4. The summed E-state index contributed by atoms with van der Waals surface area (Å²) in [6.45, 7) is 2.02. The van der Waals surface area contributed by atoms with Crippen LogP contribution >= 0.6 is 0 Å². The Balaban J connectivity index is 2.36. The maximum Gasteiger partial charge on any atom is 0.272 e.